The summed E-state index contributed by atoms with van der Waals surface area (Å²) >= 11 is 0. The van der Waals surface area contributed by atoms with Crippen LogP contribution in [0.15, 0.2) is 39.5 Å². The Balaban J connectivity index is 1.21. The van der Waals surface area contributed by atoms with Crippen molar-refractivity contribution in [2.75, 3.05) is 63.2 Å². The van der Waals surface area contributed by atoms with E-state index in [9.17, 15) is 4.79 Å². The molecule has 3 heterocycles. The zero-order valence-corrected chi connectivity index (χ0v) is 19.6. The van der Waals surface area contributed by atoms with Gasteiger partial charge in [0.05, 0.1) is 7.11 Å². The number of piperazine rings is 1. The van der Waals surface area contributed by atoms with Crippen molar-refractivity contribution < 1.29 is 13.9 Å². The molecule has 0 radical (unpaired) electrons. The Labute approximate surface area is 193 Å². The third-order valence-electron chi connectivity index (χ3n) is 6.96. The van der Waals surface area contributed by atoms with Crippen LogP contribution in [0.4, 0.5) is 11.4 Å². The van der Waals surface area contributed by atoms with Crippen molar-refractivity contribution in [3.05, 3.63) is 57.4 Å². The van der Waals surface area contributed by atoms with E-state index in [0.29, 0.717) is 29.3 Å². The number of fused-ring (bicyclic) bond motifs is 2. The number of aryl methyl sites for hydroxylation is 1. The number of nitrogens with one attached hydrogen (secondary N) is 1. The molecule has 0 unspecified atom stereocenters. The molecule has 33 heavy (non-hydrogen) atoms. The zero-order valence-electron chi connectivity index (χ0n) is 19.6. The summed E-state index contributed by atoms with van der Waals surface area (Å²) in [5, 5.41) is 4.35. The average molecular weight is 450 g/mol. The number of anilines is 2. The van der Waals surface area contributed by atoms with Crippen LogP contribution in [0.3, 0.4) is 0 Å². The van der Waals surface area contributed by atoms with E-state index in [2.05, 4.69) is 33.3 Å². The third kappa shape index (κ3) is 4.13. The normalized spacial score (nSPS) is 16.0. The van der Waals surface area contributed by atoms with E-state index in [1.165, 1.54) is 16.9 Å². The van der Waals surface area contributed by atoms with Gasteiger partial charge in [-0.1, -0.05) is 6.07 Å². The minimum Gasteiger partial charge on any atom is -0.493 e. The number of hydrogen-bond donors (Lipinski definition) is 1. The molecule has 1 saturated heterocycles. The Hall–Kier alpha value is -3.19. The van der Waals surface area contributed by atoms with E-state index in [0.717, 1.165) is 56.6 Å². The third-order valence-corrected chi connectivity index (χ3v) is 6.96. The molecule has 0 aliphatic carbocycles. The molecule has 1 N–H and O–H groups in total. The van der Waals surface area contributed by atoms with Gasteiger partial charge >= 0.3 is 5.63 Å². The Bertz CT molecular complexity index is 1230. The maximum absolute atomic E-state index is 12.0. The minimum absolute atomic E-state index is 0.313. The van der Waals surface area contributed by atoms with Gasteiger partial charge in [-0.3, -0.25) is 4.90 Å². The number of nitrogens with zero attached hydrogens (tertiary/aromatic N) is 2. The quantitative estimate of drug-likeness (QED) is 0.577. The second-order valence-corrected chi connectivity index (χ2v) is 8.80. The van der Waals surface area contributed by atoms with Gasteiger partial charge in [-0.15, -0.1) is 0 Å². The van der Waals surface area contributed by atoms with Crippen LogP contribution in [0.25, 0.3) is 11.0 Å². The summed E-state index contributed by atoms with van der Waals surface area (Å²) in [5.74, 6) is 1.25. The highest BCUT2D eigenvalue weighted by molar-refractivity contribution is 5.84. The topological polar surface area (TPSA) is 67.2 Å². The molecule has 0 atom stereocenters. The van der Waals surface area contributed by atoms with Crippen molar-refractivity contribution in [3.63, 3.8) is 0 Å². The van der Waals surface area contributed by atoms with Crippen LogP contribution in [-0.2, 0) is 6.42 Å². The maximum atomic E-state index is 12.0. The summed E-state index contributed by atoms with van der Waals surface area (Å²) in [6, 6.07) is 10.2. The van der Waals surface area contributed by atoms with Gasteiger partial charge in [0, 0.05) is 73.2 Å². The molecule has 3 aromatic rings. The van der Waals surface area contributed by atoms with Gasteiger partial charge in [0.2, 0.25) is 0 Å². The molecule has 5 rings (SSSR count). The van der Waals surface area contributed by atoms with Crippen molar-refractivity contribution in [2.45, 2.75) is 20.3 Å². The molecular weight excluding hydrogens is 418 g/mol. The molecule has 0 saturated carbocycles. The summed E-state index contributed by atoms with van der Waals surface area (Å²) in [4.78, 5) is 17.0. The molecule has 7 heteroatoms. The number of methoxy groups -OCH3 is 1. The second-order valence-electron chi connectivity index (χ2n) is 8.80. The number of hydrogen-bond acceptors (Lipinski definition) is 7. The summed E-state index contributed by atoms with van der Waals surface area (Å²) in [6.07, 6.45) is 1.11. The van der Waals surface area contributed by atoms with Gasteiger partial charge in [-0.05, 0) is 44.0 Å². The first-order valence-corrected chi connectivity index (χ1v) is 11.6. The number of ether oxygens (including phenoxy) is 2. The van der Waals surface area contributed by atoms with Crippen molar-refractivity contribution in [2.24, 2.45) is 0 Å². The van der Waals surface area contributed by atoms with Crippen LogP contribution >= 0.6 is 0 Å². The lowest BCUT2D eigenvalue weighted by Gasteiger charge is -2.36. The smallest absolute Gasteiger partial charge is 0.339 e. The molecule has 2 aromatic carbocycles. The summed E-state index contributed by atoms with van der Waals surface area (Å²) in [6.45, 7) is 10.2. The van der Waals surface area contributed by atoms with Crippen LogP contribution in [0.2, 0.25) is 0 Å². The van der Waals surface area contributed by atoms with Crippen LogP contribution in [0.1, 0.15) is 16.7 Å². The Morgan fingerprint density at radius 1 is 1.06 bits per heavy atom. The van der Waals surface area contributed by atoms with Gasteiger partial charge < -0.3 is 24.1 Å². The van der Waals surface area contributed by atoms with Crippen LogP contribution in [-0.4, -0.2) is 57.9 Å². The van der Waals surface area contributed by atoms with Crippen molar-refractivity contribution >= 4 is 22.3 Å². The first-order valence-electron chi connectivity index (χ1n) is 11.6. The minimum atomic E-state index is -0.313. The van der Waals surface area contributed by atoms with Crippen molar-refractivity contribution in [1.29, 1.82) is 0 Å². The number of benzene rings is 2. The molecule has 7 nitrogen and oxygen atoms in total. The van der Waals surface area contributed by atoms with Gasteiger partial charge in [0.15, 0.2) is 11.5 Å². The molecule has 0 bridgehead atoms. The van der Waals surface area contributed by atoms with E-state index in [1.807, 2.05) is 13.0 Å². The van der Waals surface area contributed by atoms with Gasteiger partial charge in [-0.2, -0.15) is 0 Å². The molecule has 0 amide bonds. The SMILES string of the molecule is COc1cc2oc(=O)c(C)c(C)c2cc1OCCN1CCN(c2cccc3c2CCN3)CC1. The molecule has 1 aromatic heterocycles. The maximum Gasteiger partial charge on any atom is 0.339 e. The van der Waals surface area contributed by atoms with Crippen molar-refractivity contribution in [1.82, 2.24) is 4.90 Å². The van der Waals surface area contributed by atoms with Crippen LogP contribution < -0.4 is 25.3 Å². The van der Waals surface area contributed by atoms with Crippen LogP contribution in [0, 0.1) is 13.8 Å². The Morgan fingerprint density at radius 2 is 1.88 bits per heavy atom. The van der Waals surface area contributed by atoms with Crippen molar-refractivity contribution in [3.8, 4) is 11.5 Å². The Kier molecular flexibility index (Phi) is 5.89. The largest absolute Gasteiger partial charge is 0.493 e. The average Bonchev–Trinajstić information content (AvgIpc) is 3.32. The predicted octanol–water partition coefficient (Wildman–Crippen LogP) is 3.59. The fourth-order valence-electron chi connectivity index (χ4n) is 4.84. The van der Waals surface area contributed by atoms with E-state index in [-0.39, 0.29) is 5.63 Å². The molecule has 174 valence electrons. The summed E-state index contributed by atoms with van der Waals surface area (Å²) in [5.41, 5.74) is 5.87. The summed E-state index contributed by atoms with van der Waals surface area (Å²) in [7, 11) is 1.60. The summed E-state index contributed by atoms with van der Waals surface area (Å²) < 4.78 is 17.1. The number of rotatable bonds is 6. The molecule has 2 aliphatic heterocycles. The first kappa shape index (κ1) is 21.6. The van der Waals surface area contributed by atoms with E-state index < -0.39 is 0 Å². The molecular formula is C26H31N3O4. The predicted molar refractivity (Wildman–Crippen MR) is 131 cm³/mol. The molecule has 1 fully saturated rings. The highest BCUT2D eigenvalue weighted by Crippen LogP contribution is 2.34. The fraction of sp³-hybridized carbons (Fsp3) is 0.423. The molecule has 2 aliphatic rings. The van der Waals surface area contributed by atoms with E-state index in [1.54, 1.807) is 20.1 Å². The van der Waals surface area contributed by atoms with Gasteiger partial charge in [0.25, 0.3) is 0 Å². The molecule has 0 spiro atoms. The first-order chi connectivity index (χ1) is 16.0. The standard InChI is InChI=1S/C26H31N3O4/c1-17-18(2)26(30)33-23-16-24(31-3)25(15-20(17)23)32-14-13-28-9-11-29(12-10-28)22-6-4-5-21-19(22)7-8-27-21/h4-6,15-16,27H,7-14H2,1-3H3. The monoisotopic (exact) mass is 449 g/mol. The van der Waals surface area contributed by atoms with Gasteiger partial charge in [-0.25, -0.2) is 4.79 Å². The van der Waals surface area contributed by atoms with E-state index >= 15 is 0 Å². The lowest BCUT2D eigenvalue weighted by Crippen LogP contribution is -2.47. The van der Waals surface area contributed by atoms with Crippen LogP contribution in [0.5, 0.6) is 11.5 Å². The second kappa shape index (κ2) is 8.98. The van der Waals surface area contributed by atoms with E-state index in [4.69, 9.17) is 13.9 Å². The lowest BCUT2D eigenvalue weighted by atomic mass is 10.1. The Morgan fingerprint density at radius 3 is 2.67 bits per heavy atom. The highest BCUT2D eigenvalue weighted by atomic mass is 16.5. The highest BCUT2D eigenvalue weighted by Gasteiger charge is 2.22. The zero-order chi connectivity index (χ0) is 22.9. The lowest BCUT2D eigenvalue weighted by molar-refractivity contribution is 0.197. The fourth-order valence-corrected chi connectivity index (χ4v) is 4.84. The van der Waals surface area contributed by atoms with Gasteiger partial charge in [0.1, 0.15) is 12.2 Å².